The lowest BCUT2D eigenvalue weighted by atomic mass is 9.88. The maximum atomic E-state index is 12.8. The van der Waals surface area contributed by atoms with E-state index in [0.29, 0.717) is 11.6 Å². The number of carbonyl (C=O) groups excluding carboxylic acids is 1. The average molecular weight is 573 g/mol. The summed E-state index contributed by atoms with van der Waals surface area (Å²) in [6.07, 6.45) is -0.486. The molecule has 0 amide bonds. The van der Waals surface area contributed by atoms with E-state index in [1.165, 1.54) is 0 Å². The second-order valence-electron chi connectivity index (χ2n) is 12.6. The van der Waals surface area contributed by atoms with Crippen LogP contribution in [0.2, 0.25) is 5.02 Å². The number of aryl methyl sites for hydroxylation is 1. The molecule has 216 valence electrons. The minimum Gasteiger partial charge on any atom is -0.462 e. The maximum Gasteiger partial charge on any atom is 0.311 e. The molecule has 0 saturated heterocycles. The zero-order chi connectivity index (χ0) is 29.9. The van der Waals surface area contributed by atoms with E-state index >= 15 is 0 Å². The molecule has 0 saturated carbocycles. The summed E-state index contributed by atoms with van der Waals surface area (Å²) >= 11 is 6.29. The standard InChI is InChI=1S/C35H41ClN2O3/c1-23-20-29-28(19-18-26(37-29)21-38(8)27-12-10-9-11-13-27)32(24-14-16-25(36)17-15-24)31(23)30(41-35(5,6)7)22-40-33(39)34(2,3)4/h9-20,30H,21-22H2,1-8H3/t30-/m1/s1. The normalized spacial score (nSPS) is 12.8. The van der Waals surface area contributed by atoms with Gasteiger partial charge in [-0.05, 0) is 107 Å². The first-order valence-corrected chi connectivity index (χ1v) is 14.4. The molecule has 3 aromatic carbocycles. The van der Waals surface area contributed by atoms with Crippen molar-refractivity contribution in [1.82, 2.24) is 4.98 Å². The van der Waals surface area contributed by atoms with Gasteiger partial charge in [0, 0.05) is 23.1 Å². The number of aromatic nitrogens is 1. The van der Waals surface area contributed by atoms with Crippen LogP contribution in [0.25, 0.3) is 22.0 Å². The molecule has 0 aliphatic heterocycles. The predicted octanol–water partition coefficient (Wildman–Crippen LogP) is 8.95. The Morgan fingerprint density at radius 2 is 1.61 bits per heavy atom. The summed E-state index contributed by atoms with van der Waals surface area (Å²) in [5.41, 5.74) is 5.92. The molecule has 0 unspecified atom stereocenters. The molecular formula is C35H41ClN2O3. The van der Waals surface area contributed by atoms with Crippen molar-refractivity contribution in [2.24, 2.45) is 5.41 Å². The highest BCUT2D eigenvalue weighted by Crippen LogP contribution is 2.41. The van der Waals surface area contributed by atoms with Crippen molar-refractivity contribution < 1.29 is 14.3 Å². The minimum atomic E-state index is -0.614. The Hall–Kier alpha value is -3.41. The molecule has 1 heterocycles. The number of rotatable bonds is 8. The topological polar surface area (TPSA) is 51.7 Å². The first-order chi connectivity index (χ1) is 19.2. The summed E-state index contributed by atoms with van der Waals surface area (Å²) in [6, 6.07) is 24.4. The monoisotopic (exact) mass is 572 g/mol. The summed E-state index contributed by atoms with van der Waals surface area (Å²) in [6.45, 7) is 14.5. The minimum absolute atomic E-state index is 0.105. The highest BCUT2D eigenvalue weighted by molar-refractivity contribution is 6.30. The molecule has 4 rings (SSSR count). The van der Waals surface area contributed by atoms with Gasteiger partial charge in [0.15, 0.2) is 0 Å². The van der Waals surface area contributed by atoms with Gasteiger partial charge in [-0.1, -0.05) is 48.0 Å². The summed E-state index contributed by atoms with van der Waals surface area (Å²) < 4.78 is 12.4. The molecular weight excluding hydrogens is 532 g/mol. The molecule has 1 atom stereocenters. The van der Waals surface area contributed by atoms with E-state index in [0.717, 1.165) is 44.5 Å². The molecule has 1 aromatic heterocycles. The van der Waals surface area contributed by atoms with Gasteiger partial charge in [0.25, 0.3) is 0 Å². The molecule has 0 aliphatic carbocycles. The second kappa shape index (κ2) is 12.2. The number of halogens is 1. The first-order valence-electron chi connectivity index (χ1n) is 14.0. The van der Waals surface area contributed by atoms with Gasteiger partial charge in [-0.15, -0.1) is 0 Å². The van der Waals surface area contributed by atoms with Gasteiger partial charge < -0.3 is 14.4 Å². The average Bonchev–Trinajstić information content (AvgIpc) is 2.90. The maximum absolute atomic E-state index is 12.8. The SMILES string of the molecule is Cc1cc2nc(CN(C)c3ccccc3)ccc2c(-c2ccc(Cl)cc2)c1[C@@H](COC(=O)C(C)(C)C)OC(C)(C)C. The smallest absolute Gasteiger partial charge is 0.311 e. The number of hydrogen-bond donors (Lipinski definition) is 0. The number of nitrogens with zero attached hydrogens (tertiary/aromatic N) is 2. The fourth-order valence-corrected chi connectivity index (χ4v) is 5.01. The number of anilines is 1. The van der Waals surface area contributed by atoms with Crippen molar-refractivity contribution in [2.75, 3.05) is 18.6 Å². The van der Waals surface area contributed by atoms with Crippen LogP contribution in [0.15, 0.2) is 72.8 Å². The lowest BCUT2D eigenvalue weighted by Crippen LogP contribution is -2.30. The number of esters is 1. The number of benzene rings is 3. The molecule has 6 heteroatoms. The number of hydrogen-bond acceptors (Lipinski definition) is 5. The van der Waals surface area contributed by atoms with Gasteiger partial charge in [0.1, 0.15) is 12.7 Å². The Kier molecular flexibility index (Phi) is 9.10. The van der Waals surface area contributed by atoms with Gasteiger partial charge >= 0.3 is 5.97 Å². The number of pyridine rings is 1. The van der Waals surface area contributed by atoms with Crippen molar-refractivity contribution in [3.05, 3.63) is 94.6 Å². The third-order valence-corrected chi connectivity index (χ3v) is 7.08. The lowest BCUT2D eigenvalue weighted by molar-refractivity contribution is -0.162. The fraction of sp³-hybridized carbons (Fsp3) is 0.371. The van der Waals surface area contributed by atoms with E-state index in [2.05, 4.69) is 49.2 Å². The Labute approximate surface area is 249 Å². The number of ether oxygens (including phenoxy) is 2. The van der Waals surface area contributed by atoms with E-state index in [1.807, 2.05) is 84.0 Å². The zero-order valence-electron chi connectivity index (χ0n) is 25.4. The molecule has 0 fully saturated rings. The summed E-state index contributed by atoms with van der Waals surface area (Å²) in [5, 5.41) is 1.67. The van der Waals surface area contributed by atoms with Crippen molar-refractivity contribution in [1.29, 1.82) is 0 Å². The second-order valence-corrected chi connectivity index (χ2v) is 13.1. The summed E-state index contributed by atoms with van der Waals surface area (Å²) in [7, 11) is 2.07. The van der Waals surface area contributed by atoms with E-state index in [-0.39, 0.29) is 12.6 Å². The van der Waals surface area contributed by atoms with Crippen LogP contribution >= 0.6 is 11.6 Å². The highest BCUT2D eigenvalue weighted by Gasteiger charge is 2.30. The largest absolute Gasteiger partial charge is 0.462 e. The number of fused-ring (bicyclic) bond motifs is 1. The zero-order valence-corrected chi connectivity index (χ0v) is 26.2. The number of carbonyl (C=O) groups is 1. The van der Waals surface area contributed by atoms with Crippen LogP contribution in [0, 0.1) is 12.3 Å². The van der Waals surface area contributed by atoms with Gasteiger partial charge in [-0.2, -0.15) is 0 Å². The van der Waals surface area contributed by atoms with E-state index in [9.17, 15) is 4.79 Å². The Bertz CT molecular complexity index is 1500. The fourth-order valence-electron chi connectivity index (χ4n) is 4.88. The Balaban J connectivity index is 1.85. The van der Waals surface area contributed by atoms with Crippen LogP contribution < -0.4 is 4.90 Å². The number of para-hydroxylation sites is 1. The molecule has 4 aromatic rings. The van der Waals surface area contributed by atoms with Gasteiger partial charge in [-0.25, -0.2) is 0 Å². The van der Waals surface area contributed by atoms with Gasteiger partial charge in [0.2, 0.25) is 0 Å². The van der Waals surface area contributed by atoms with E-state index in [1.54, 1.807) is 0 Å². The van der Waals surface area contributed by atoms with Crippen LogP contribution in [0.5, 0.6) is 0 Å². The summed E-state index contributed by atoms with van der Waals surface area (Å²) in [5.74, 6) is -0.264. The van der Waals surface area contributed by atoms with Crippen molar-refractivity contribution >= 4 is 34.2 Å². The molecule has 5 nitrogen and oxygen atoms in total. The molecule has 0 N–H and O–H groups in total. The third-order valence-electron chi connectivity index (χ3n) is 6.82. The van der Waals surface area contributed by atoms with Crippen molar-refractivity contribution in [3.63, 3.8) is 0 Å². The van der Waals surface area contributed by atoms with Crippen LogP contribution in [0.3, 0.4) is 0 Å². The molecule has 41 heavy (non-hydrogen) atoms. The first kappa shape index (κ1) is 30.5. The Morgan fingerprint density at radius 3 is 2.22 bits per heavy atom. The van der Waals surface area contributed by atoms with E-state index < -0.39 is 17.1 Å². The molecule has 0 spiro atoms. The molecule has 0 aliphatic rings. The third kappa shape index (κ3) is 7.66. The molecule has 0 bridgehead atoms. The van der Waals surface area contributed by atoms with Crippen LogP contribution in [-0.2, 0) is 20.8 Å². The van der Waals surface area contributed by atoms with Crippen molar-refractivity contribution in [3.8, 4) is 11.1 Å². The van der Waals surface area contributed by atoms with E-state index in [4.69, 9.17) is 26.1 Å². The lowest BCUT2D eigenvalue weighted by Gasteiger charge is -2.31. The van der Waals surface area contributed by atoms with Crippen molar-refractivity contribution in [2.45, 2.75) is 66.7 Å². The van der Waals surface area contributed by atoms with Gasteiger partial charge in [0.05, 0.1) is 28.8 Å². The highest BCUT2D eigenvalue weighted by atomic mass is 35.5. The van der Waals surface area contributed by atoms with Gasteiger partial charge in [-0.3, -0.25) is 9.78 Å². The summed E-state index contributed by atoms with van der Waals surface area (Å²) in [4.78, 5) is 20.1. The quantitative estimate of drug-likeness (QED) is 0.197. The van der Waals surface area contributed by atoms with Crippen LogP contribution in [0.1, 0.15) is 64.5 Å². The van der Waals surface area contributed by atoms with Crippen LogP contribution in [-0.4, -0.2) is 30.2 Å². The predicted molar refractivity (Wildman–Crippen MR) is 169 cm³/mol. The van der Waals surface area contributed by atoms with Crippen LogP contribution in [0.4, 0.5) is 5.69 Å². The Morgan fingerprint density at radius 1 is 0.951 bits per heavy atom. The molecule has 0 radical (unpaired) electrons.